The van der Waals surface area contributed by atoms with Crippen LogP contribution in [0.5, 0.6) is 0 Å². The lowest BCUT2D eigenvalue weighted by atomic mass is 10.0. The molecule has 234 valence electrons. The van der Waals surface area contributed by atoms with Crippen molar-refractivity contribution in [2.75, 3.05) is 0 Å². The molecule has 0 aliphatic carbocycles. The molecule has 0 amide bonds. The molecule has 10 rings (SSSR count). The van der Waals surface area contributed by atoms with Crippen LogP contribution in [0.1, 0.15) is 0 Å². The molecule has 0 aliphatic rings. The number of hydrogen-bond donors (Lipinski definition) is 0. The van der Waals surface area contributed by atoms with E-state index in [0.717, 1.165) is 61.2 Å². The van der Waals surface area contributed by atoms with Gasteiger partial charge in [0.25, 0.3) is 0 Å². The monoisotopic (exact) mass is 638 g/mol. The minimum absolute atomic E-state index is 0.693. The summed E-state index contributed by atoms with van der Waals surface area (Å²) in [6.45, 7) is 0. The average Bonchev–Trinajstić information content (AvgIpc) is 3.71. The van der Waals surface area contributed by atoms with Crippen molar-refractivity contribution in [1.82, 2.24) is 19.1 Å². The van der Waals surface area contributed by atoms with Gasteiger partial charge in [-0.25, -0.2) is 9.97 Å². The topological polar surface area (TPSA) is 35.6 Å². The van der Waals surface area contributed by atoms with Gasteiger partial charge in [-0.1, -0.05) is 121 Å². The molecule has 0 bridgehead atoms. The first-order valence-corrected chi connectivity index (χ1v) is 16.9. The Labute approximate surface area is 289 Å². The largest absolute Gasteiger partial charge is 0.309 e. The summed E-state index contributed by atoms with van der Waals surface area (Å²) < 4.78 is 4.63. The Balaban J connectivity index is 1.29. The van der Waals surface area contributed by atoms with Gasteiger partial charge in [0.15, 0.2) is 5.82 Å². The molecule has 0 unspecified atom stereocenters. The Bertz CT molecular complexity index is 2840. The molecule has 0 saturated carbocycles. The van der Waals surface area contributed by atoms with Gasteiger partial charge < -0.3 is 4.57 Å². The van der Waals surface area contributed by atoms with Gasteiger partial charge in [0.05, 0.1) is 27.6 Å². The number of fused-ring (bicyclic) bond motifs is 6. The third-order valence-electron chi connectivity index (χ3n) is 9.72. The van der Waals surface area contributed by atoms with E-state index in [2.05, 4.69) is 191 Å². The second kappa shape index (κ2) is 11.4. The van der Waals surface area contributed by atoms with E-state index in [1.807, 2.05) is 0 Å². The van der Waals surface area contributed by atoms with E-state index >= 15 is 0 Å². The third kappa shape index (κ3) is 4.46. The van der Waals surface area contributed by atoms with Crippen LogP contribution in [-0.2, 0) is 0 Å². The molecule has 4 heteroatoms. The lowest BCUT2D eigenvalue weighted by Crippen LogP contribution is -1.99. The molecule has 10 aromatic rings. The fourth-order valence-corrected chi connectivity index (χ4v) is 7.45. The SMILES string of the molecule is c1ccc(-c2ccc3c(c2)c2c(-c4ccccc4)nc(-c4ccc5c(c4)c4ccccc4n5-c4ccccc4)nc2n3-c2ccccc2)cc1. The van der Waals surface area contributed by atoms with E-state index in [4.69, 9.17) is 9.97 Å². The lowest BCUT2D eigenvalue weighted by Gasteiger charge is -2.11. The Kier molecular flexibility index (Phi) is 6.46. The summed E-state index contributed by atoms with van der Waals surface area (Å²) in [5.41, 5.74) is 11.8. The normalized spacial score (nSPS) is 11.6. The molecule has 7 aromatic carbocycles. The Morgan fingerprint density at radius 3 is 1.56 bits per heavy atom. The molecule has 0 atom stereocenters. The van der Waals surface area contributed by atoms with Crippen molar-refractivity contribution >= 4 is 43.7 Å². The second-order valence-corrected chi connectivity index (χ2v) is 12.6. The fraction of sp³-hybridized carbons (Fsp3) is 0. The first-order chi connectivity index (χ1) is 24.8. The summed E-state index contributed by atoms with van der Waals surface area (Å²) in [5.74, 6) is 0.693. The minimum Gasteiger partial charge on any atom is -0.309 e. The predicted molar refractivity (Wildman–Crippen MR) is 207 cm³/mol. The maximum Gasteiger partial charge on any atom is 0.162 e. The van der Waals surface area contributed by atoms with E-state index in [1.54, 1.807) is 0 Å². The quantitative estimate of drug-likeness (QED) is 0.188. The average molecular weight is 639 g/mol. The van der Waals surface area contributed by atoms with E-state index in [-0.39, 0.29) is 0 Å². The van der Waals surface area contributed by atoms with E-state index < -0.39 is 0 Å². The lowest BCUT2D eigenvalue weighted by molar-refractivity contribution is 1.11. The Hall–Kier alpha value is -6.78. The number of para-hydroxylation sites is 3. The van der Waals surface area contributed by atoms with Crippen LogP contribution >= 0.6 is 0 Å². The van der Waals surface area contributed by atoms with Gasteiger partial charge in [-0.3, -0.25) is 4.57 Å². The minimum atomic E-state index is 0.693. The summed E-state index contributed by atoms with van der Waals surface area (Å²) >= 11 is 0. The van der Waals surface area contributed by atoms with Crippen LogP contribution in [0.2, 0.25) is 0 Å². The van der Waals surface area contributed by atoms with Gasteiger partial charge in [0, 0.05) is 38.7 Å². The van der Waals surface area contributed by atoms with Gasteiger partial charge in [-0.05, 0) is 71.8 Å². The predicted octanol–water partition coefficient (Wildman–Crippen LogP) is 11.7. The van der Waals surface area contributed by atoms with Crippen molar-refractivity contribution in [3.05, 3.63) is 182 Å². The van der Waals surface area contributed by atoms with Crippen molar-refractivity contribution in [1.29, 1.82) is 0 Å². The van der Waals surface area contributed by atoms with Crippen molar-refractivity contribution in [3.8, 4) is 45.1 Å². The summed E-state index contributed by atoms with van der Waals surface area (Å²) in [6, 6.07) is 64.2. The van der Waals surface area contributed by atoms with Crippen molar-refractivity contribution in [2.24, 2.45) is 0 Å². The first kappa shape index (κ1) is 28.3. The molecule has 0 aliphatic heterocycles. The second-order valence-electron chi connectivity index (χ2n) is 12.6. The van der Waals surface area contributed by atoms with E-state index in [1.165, 1.54) is 21.9 Å². The maximum atomic E-state index is 5.44. The number of aromatic nitrogens is 4. The van der Waals surface area contributed by atoms with Crippen LogP contribution in [0, 0.1) is 0 Å². The zero-order chi connectivity index (χ0) is 33.0. The van der Waals surface area contributed by atoms with Gasteiger partial charge in [-0.2, -0.15) is 0 Å². The Morgan fingerprint density at radius 1 is 0.340 bits per heavy atom. The van der Waals surface area contributed by atoms with Crippen molar-refractivity contribution < 1.29 is 0 Å². The summed E-state index contributed by atoms with van der Waals surface area (Å²) in [7, 11) is 0. The third-order valence-corrected chi connectivity index (χ3v) is 9.72. The highest BCUT2D eigenvalue weighted by molar-refractivity contribution is 6.15. The molecule has 3 heterocycles. The van der Waals surface area contributed by atoms with Gasteiger partial charge in [0.2, 0.25) is 0 Å². The zero-order valence-electron chi connectivity index (χ0n) is 27.1. The van der Waals surface area contributed by atoms with E-state index in [0.29, 0.717) is 5.82 Å². The van der Waals surface area contributed by atoms with Crippen molar-refractivity contribution in [2.45, 2.75) is 0 Å². The fourth-order valence-electron chi connectivity index (χ4n) is 7.45. The molecular weight excluding hydrogens is 609 g/mol. The van der Waals surface area contributed by atoms with Gasteiger partial charge >= 0.3 is 0 Å². The first-order valence-electron chi connectivity index (χ1n) is 16.9. The number of hydrogen-bond acceptors (Lipinski definition) is 2. The zero-order valence-corrected chi connectivity index (χ0v) is 27.1. The van der Waals surface area contributed by atoms with E-state index in [9.17, 15) is 0 Å². The standard InChI is InChI=1S/C46H30N4/c1-5-15-31(16-6-1)33-25-27-42-39(29-33)43-44(32-17-7-2-8-18-32)47-45(48-46(43)50(42)36-21-11-4-12-22-36)34-26-28-41-38(30-34)37-23-13-14-24-40(37)49(41)35-19-9-3-10-20-35/h1-30H. The number of nitrogens with zero attached hydrogens (tertiary/aromatic N) is 4. The number of rotatable bonds is 5. The molecule has 0 radical (unpaired) electrons. The number of benzene rings is 7. The van der Waals surface area contributed by atoms with Gasteiger partial charge in [0.1, 0.15) is 5.65 Å². The summed E-state index contributed by atoms with van der Waals surface area (Å²) in [4.78, 5) is 10.9. The Morgan fingerprint density at radius 2 is 0.860 bits per heavy atom. The maximum absolute atomic E-state index is 5.44. The molecule has 0 fully saturated rings. The highest BCUT2D eigenvalue weighted by Crippen LogP contribution is 2.41. The van der Waals surface area contributed by atoms with Crippen LogP contribution < -0.4 is 0 Å². The molecular formula is C46H30N4. The van der Waals surface area contributed by atoms with Crippen LogP contribution in [0.3, 0.4) is 0 Å². The molecule has 4 nitrogen and oxygen atoms in total. The molecule has 3 aromatic heterocycles. The van der Waals surface area contributed by atoms with Gasteiger partial charge in [-0.15, -0.1) is 0 Å². The smallest absolute Gasteiger partial charge is 0.162 e. The molecule has 0 N–H and O–H groups in total. The van der Waals surface area contributed by atoms with Crippen LogP contribution in [0.4, 0.5) is 0 Å². The molecule has 0 saturated heterocycles. The highest BCUT2D eigenvalue weighted by atomic mass is 15.1. The summed E-state index contributed by atoms with van der Waals surface area (Å²) in [6.07, 6.45) is 0. The molecule has 0 spiro atoms. The molecule has 50 heavy (non-hydrogen) atoms. The van der Waals surface area contributed by atoms with Crippen LogP contribution in [0.15, 0.2) is 182 Å². The summed E-state index contributed by atoms with van der Waals surface area (Å²) in [5, 5.41) is 4.53. The van der Waals surface area contributed by atoms with Crippen LogP contribution in [0.25, 0.3) is 88.9 Å². The van der Waals surface area contributed by atoms with Crippen molar-refractivity contribution in [3.63, 3.8) is 0 Å². The van der Waals surface area contributed by atoms with Crippen LogP contribution in [-0.4, -0.2) is 19.1 Å². The highest BCUT2D eigenvalue weighted by Gasteiger charge is 2.22.